The average Bonchev–Trinajstić information content (AvgIpc) is 3.41. The van der Waals surface area contributed by atoms with Crippen molar-refractivity contribution in [2.45, 2.75) is 82.3 Å². The van der Waals surface area contributed by atoms with Crippen LogP contribution in [0.25, 0.3) is 11.0 Å². The van der Waals surface area contributed by atoms with Crippen LogP contribution in [0.4, 0.5) is 4.79 Å². The first-order valence-corrected chi connectivity index (χ1v) is 14.4. The van der Waals surface area contributed by atoms with E-state index in [1.165, 1.54) is 32.1 Å². The molecule has 3 atom stereocenters. The first-order chi connectivity index (χ1) is 18.0. The van der Waals surface area contributed by atoms with Gasteiger partial charge >= 0.3 is 6.03 Å². The molecule has 0 spiro atoms. The summed E-state index contributed by atoms with van der Waals surface area (Å²) in [4.78, 5) is 15.4. The summed E-state index contributed by atoms with van der Waals surface area (Å²) < 4.78 is 10.9. The summed E-state index contributed by atoms with van der Waals surface area (Å²) in [6, 6.07) is 8.02. The van der Waals surface area contributed by atoms with Gasteiger partial charge in [0.2, 0.25) is 0 Å². The van der Waals surface area contributed by atoms with Crippen molar-refractivity contribution in [3.8, 4) is 0 Å². The van der Waals surface area contributed by atoms with Gasteiger partial charge in [-0.1, -0.05) is 44.2 Å². The molecular formula is C30H47N3O4. The second-order valence-corrected chi connectivity index (χ2v) is 11.2. The Bertz CT molecular complexity index is 973. The van der Waals surface area contributed by atoms with Crippen LogP contribution in [-0.4, -0.2) is 62.5 Å². The van der Waals surface area contributed by atoms with Crippen LogP contribution in [0.5, 0.6) is 0 Å². The molecule has 0 bridgehead atoms. The van der Waals surface area contributed by atoms with Crippen molar-refractivity contribution in [1.82, 2.24) is 15.5 Å². The molecule has 7 nitrogen and oxygen atoms in total. The first kappa shape index (κ1) is 27.9. The normalized spacial score (nSPS) is 21.6. The van der Waals surface area contributed by atoms with E-state index >= 15 is 0 Å². The number of furan rings is 1. The third-order valence-electron chi connectivity index (χ3n) is 8.62. The van der Waals surface area contributed by atoms with Crippen molar-refractivity contribution in [3.05, 3.63) is 36.1 Å². The SMILES string of the molecule is CNC[C@H](CC1CCCCC1)NC(=O)N1CCC[C@@H]([C@@](O)(CCCCOC)c2cccc3occc23)C1. The van der Waals surface area contributed by atoms with Gasteiger partial charge in [-0.05, 0) is 69.2 Å². The Morgan fingerprint density at radius 3 is 2.81 bits per heavy atom. The zero-order valence-electron chi connectivity index (χ0n) is 22.8. The molecule has 1 aromatic heterocycles. The van der Waals surface area contributed by atoms with E-state index in [2.05, 4.69) is 10.6 Å². The summed E-state index contributed by atoms with van der Waals surface area (Å²) in [5.41, 5.74) is 0.660. The Morgan fingerprint density at radius 1 is 1.19 bits per heavy atom. The highest BCUT2D eigenvalue weighted by molar-refractivity contribution is 5.82. The van der Waals surface area contributed by atoms with Crippen LogP contribution in [0.3, 0.4) is 0 Å². The van der Waals surface area contributed by atoms with Gasteiger partial charge in [-0.15, -0.1) is 0 Å². The molecule has 1 saturated carbocycles. The fourth-order valence-corrected chi connectivity index (χ4v) is 6.65. The van der Waals surface area contributed by atoms with Gasteiger partial charge in [0.1, 0.15) is 5.58 Å². The molecule has 0 unspecified atom stereocenters. The van der Waals surface area contributed by atoms with Crippen LogP contribution >= 0.6 is 0 Å². The predicted octanol–water partition coefficient (Wildman–Crippen LogP) is 5.42. The molecule has 7 heteroatoms. The molecule has 2 fully saturated rings. The number of amides is 2. The number of benzene rings is 1. The number of nitrogens with one attached hydrogen (secondary N) is 2. The van der Waals surface area contributed by atoms with Crippen LogP contribution in [0.15, 0.2) is 34.9 Å². The van der Waals surface area contributed by atoms with Crippen LogP contribution in [-0.2, 0) is 10.3 Å². The maximum atomic E-state index is 13.5. The highest BCUT2D eigenvalue weighted by Gasteiger charge is 2.42. The number of carbonyl (C=O) groups excluding carboxylic acids is 1. The van der Waals surface area contributed by atoms with Crippen molar-refractivity contribution >= 4 is 17.0 Å². The maximum Gasteiger partial charge on any atom is 0.317 e. The molecule has 3 N–H and O–H groups in total. The number of likely N-dealkylation sites (tertiary alicyclic amines) is 1. The lowest BCUT2D eigenvalue weighted by Gasteiger charge is -2.43. The number of likely N-dealkylation sites (N-methyl/N-ethyl adjacent to an activating group) is 1. The number of carbonyl (C=O) groups is 1. The largest absolute Gasteiger partial charge is 0.464 e. The Balaban J connectivity index is 1.48. The van der Waals surface area contributed by atoms with E-state index in [9.17, 15) is 9.90 Å². The molecule has 4 rings (SSSR count). The standard InChI is InChI=1S/C30H47N3O4/c1-31-21-25(20-23-10-4-3-5-11-23)32-29(34)33-17-9-12-24(22-33)30(35,16-6-7-18-36-2)27-13-8-14-28-26(27)15-19-37-28/h8,13-15,19,23-25,31,35H,3-7,9-12,16-18,20-22H2,1-2H3,(H,32,34)/t24-,25+,30+/m1/s1. The maximum absolute atomic E-state index is 13.5. The number of methoxy groups -OCH3 is 1. The molecule has 1 aromatic carbocycles. The number of fused-ring (bicyclic) bond motifs is 1. The molecule has 37 heavy (non-hydrogen) atoms. The Morgan fingerprint density at radius 2 is 2.03 bits per heavy atom. The van der Waals surface area contributed by atoms with Gasteiger partial charge in [-0.3, -0.25) is 0 Å². The van der Waals surface area contributed by atoms with Crippen molar-refractivity contribution < 1.29 is 19.1 Å². The van der Waals surface area contributed by atoms with E-state index in [1.807, 2.05) is 36.2 Å². The minimum absolute atomic E-state index is 0.00371. The third-order valence-corrected chi connectivity index (χ3v) is 8.62. The molecule has 1 saturated heterocycles. The summed E-state index contributed by atoms with van der Waals surface area (Å²) in [5.74, 6) is 0.658. The fraction of sp³-hybridized carbons (Fsp3) is 0.700. The van der Waals surface area contributed by atoms with Gasteiger partial charge < -0.3 is 29.8 Å². The van der Waals surface area contributed by atoms with E-state index in [-0.39, 0.29) is 18.0 Å². The molecule has 2 heterocycles. The zero-order chi connectivity index (χ0) is 26.1. The van der Waals surface area contributed by atoms with E-state index in [0.29, 0.717) is 25.5 Å². The van der Waals surface area contributed by atoms with Crippen molar-refractivity contribution in [1.29, 1.82) is 0 Å². The zero-order valence-corrected chi connectivity index (χ0v) is 22.8. The molecule has 206 valence electrons. The van der Waals surface area contributed by atoms with Gasteiger partial charge in [0, 0.05) is 50.7 Å². The molecule has 2 aliphatic rings. The van der Waals surface area contributed by atoms with Crippen LogP contribution < -0.4 is 10.6 Å². The molecule has 2 amide bonds. The number of urea groups is 1. The van der Waals surface area contributed by atoms with Gasteiger partial charge in [0.05, 0.1) is 11.9 Å². The summed E-state index contributed by atoms with van der Waals surface area (Å²) in [7, 11) is 3.67. The number of unbranched alkanes of at least 4 members (excludes halogenated alkanes) is 1. The number of hydrogen-bond acceptors (Lipinski definition) is 5. The summed E-state index contributed by atoms with van der Waals surface area (Å²) >= 11 is 0. The fourth-order valence-electron chi connectivity index (χ4n) is 6.65. The summed E-state index contributed by atoms with van der Waals surface area (Å²) in [6.45, 7) is 2.74. The van der Waals surface area contributed by atoms with Crippen molar-refractivity contribution in [2.75, 3.05) is 40.4 Å². The monoisotopic (exact) mass is 513 g/mol. The average molecular weight is 514 g/mol. The second-order valence-electron chi connectivity index (χ2n) is 11.2. The van der Waals surface area contributed by atoms with E-state index in [0.717, 1.165) is 61.7 Å². The number of aliphatic hydroxyl groups is 1. The number of rotatable bonds is 12. The summed E-state index contributed by atoms with van der Waals surface area (Å²) in [5, 5.41) is 19.9. The second kappa shape index (κ2) is 13.6. The van der Waals surface area contributed by atoms with Crippen molar-refractivity contribution in [2.24, 2.45) is 11.8 Å². The Hall–Kier alpha value is -2.09. The van der Waals surface area contributed by atoms with Gasteiger partial charge in [-0.25, -0.2) is 4.79 Å². The van der Waals surface area contributed by atoms with Gasteiger partial charge in [0.25, 0.3) is 0 Å². The lowest BCUT2D eigenvalue weighted by Crippen LogP contribution is -2.54. The lowest BCUT2D eigenvalue weighted by molar-refractivity contribution is -0.0552. The highest BCUT2D eigenvalue weighted by atomic mass is 16.5. The third kappa shape index (κ3) is 7.06. The van der Waals surface area contributed by atoms with Crippen LogP contribution in [0.1, 0.15) is 76.2 Å². The first-order valence-electron chi connectivity index (χ1n) is 14.4. The van der Waals surface area contributed by atoms with Crippen LogP contribution in [0, 0.1) is 11.8 Å². The van der Waals surface area contributed by atoms with E-state index < -0.39 is 5.60 Å². The molecular weight excluding hydrogens is 466 g/mol. The topological polar surface area (TPSA) is 87.0 Å². The van der Waals surface area contributed by atoms with E-state index in [1.54, 1.807) is 13.4 Å². The molecule has 1 aliphatic carbocycles. The Kier molecular flexibility index (Phi) is 10.3. The number of piperidine rings is 1. The lowest BCUT2D eigenvalue weighted by atomic mass is 9.73. The number of hydrogen-bond donors (Lipinski definition) is 3. The van der Waals surface area contributed by atoms with E-state index in [4.69, 9.17) is 9.15 Å². The highest BCUT2D eigenvalue weighted by Crippen LogP contribution is 2.42. The number of ether oxygens (including phenoxy) is 1. The predicted molar refractivity (Wildman–Crippen MR) is 148 cm³/mol. The van der Waals surface area contributed by atoms with Gasteiger partial charge in [0.15, 0.2) is 0 Å². The van der Waals surface area contributed by atoms with Crippen LogP contribution in [0.2, 0.25) is 0 Å². The minimum atomic E-state index is -1.04. The van der Waals surface area contributed by atoms with Crippen molar-refractivity contribution in [3.63, 3.8) is 0 Å². The molecule has 0 radical (unpaired) electrons. The summed E-state index contributed by atoms with van der Waals surface area (Å²) in [6.07, 6.45) is 13.4. The Labute approximate surface area is 222 Å². The number of nitrogens with zero attached hydrogens (tertiary/aromatic N) is 1. The minimum Gasteiger partial charge on any atom is -0.464 e. The van der Waals surface area contributed by atoms with Gasteiger partial charge in [-0.2, -0.15) is 0 Å². The quantitative estimate of drug-likeness (QED) is 0.330. The molecule has 2 aromatic rings. The molecule has 1 aliphatic heterocycles. The smallest absolute Gasteiger partial charge is 0.317 e.